The van der Waals surface area contributed by atoms with Crippen LogP contribution in [0.5, 0.6) is 11.5 Å². The van der Waals surface area contributed by atoms with Crippen LogP contribution in [0.25, 0.3) is 5.82 Å². The molecule has 3 aromatic rings. The summed E-state index contributed by atoms with van der Waals surface area (Å²) in [4.78, 5) is 9.16. The number of nitrogens with one attached hydrogen (secondary N) is 2. The lowest BCUT2D eigenvalue weighted by Gasteiger charge is -2.12. The number of nitrogens with zero attached hydrogens (tertiary/aromatic N) is 4. The van der Waals surface area contributed by atoms with Crippen molar-refractivity contribution in [1.29, 1.82) is 0 Å². The van der Waals surface area contributed by atoms with Crippen molar-refractivity contribution < 1.29 is 9.47 Å². The molecule has 32 heavy (non-hydrogen) atoms. The highest BCUT2D eigenvalue weighted by Crippen LogP contribution is 2.16. The number of aryl methyl sites for hydroxylation is 2. The molecule has 3 rings (SSSR count). The molecule has 2 aromatic heterocycles. The average Bonchev–Trinajstić information content (AvgIpc) is 3.13. The lowest BCUT2D eigenvalue weighted by molar-refractivity contribution is 0.321. The molecule has 0 aliphatic rings. The van der Waals surface area contributed by atoms with Gasteiger partial charge in [-0.3, -0.25) is 0 Å². The van der Waals surface area contributed by atoms with Crippen LogP contribution in [-0.2, 0) is 6.54 Å². The van der Waals surface area contributed by atoms with E-state index in [1.165, 1.54) is 0 Å². The third kappa shape index (κ3) is 7.40. The zero-order valence-electron chi connectivity index (χ0n) is 19.0. The molecule has 0 aliphatic carbocycles. The zero-order chi connectivity index (χ0) is 22.1. The van der Waals surface area contributed by atoms with Crippen LogP contribution in [0.3, 0.4) is 0 Å². The Morgan fingerprint density at radius 2 is 1.81 bits per heavy atom. The first-order valence-corrected chi connectivity index (χ1v) is 10.4. The highest BCUT2D eigenvalue weighted by molar-refractivity contribution is 14.0. The van der Waals surface area contributed by atoms with Crippen molar-refractivity contribution in [1.82, 2.24) is 25.4 Å². The average molecular weight is 550 g/mol. The van der Waals surface area contributed by atoms with Crippen LogP contribution in [-0.4, -0.2) is 47.5 Å². The first kappa shape index (κ1) is 25.4. The number of hydrogen-bond acceptors (Lipinski definition) is 5. The van der Waals surface area contributed by atoms with E-state index in [1.54, 1.807) is 7.11 Å². The minimum absolute atomic E-state index is 0. The van der Waals surface area contributed by atoms with Gasteiger partial charge in [0.2, 0.25) is 0 Å². The lowest BCUT2D eigenvalue weighted by atomic mass is 10.3. The number of halogens is 1. The maximum Gasteiger partial charge on any atom is 0.191 e. The Kier molecular flexibility index (Phi) is 10.3. The van der Waals surface area contributed by atoms with E-state index in [-0.39, 0.29) is 24.0 Å². The van der Waals surface area contributed by atoms with E-state index in [0.29, 0.717) is 19.7 Å². The largest absolute Gasteiger partial charge is 0.497 e. The maximum atomic E-state index is 5.74. The number of pyridine rings is 1. The fraction of sp³-hybridized carbons (Fsp3) is 0.348. The molecule has 0 unspecified atom stereocenters. The lowest BCUT2D eigenvalue weighted by Crippen LogP contribution is -2.39. The molecule has 0 saturated heterocycles. The molecule has 172 valence electrons. The number of hydrogen-bond donors (Lipinski definition) is 2. The summed E-state index contributed by atoms with van der Waals surface area (Å²) >= 11 is 0. The number of rotatable bonds is 9. The molecule has 0 spiro atoms. The van der Waals surface area contributed by atoms with E-state index >= 15 is 0 Å². The second-order valence-corrected chi connectivity index (χ2v) is 7.01. The standard InChI is InChI=1S/C23H30N6O2.HI/c1-5-24-23(25-12-13-31-21-9-7-20(30-4)8-10-21)27-16-19-6-11-22(26-15-19)29-18(3)14-17(2)28-29;/h6-11,14-15H,5,12-13,16H2,1-4H3,(H2,24,25,27);1H. The molecular weight excluding hydrogens is 519 g/mol. The molecule has 0 bridgehead atoms. The van der Waals surface area contributed by atoms with Crippen molar-refractivity contribution in [2.45, 2.75) is 27.3 Å². The monoisotopic (exact) mass is 550 g/mol. The van der Waals surface area contributed by atoms with Gasteiger partial charge in [0.15, 0.2) is 11.8 Å². The Bertz CT molecular complexity index is 987. The van der Waals surface area contributed by atoms with Gasteiger partial charge in [-0.05, 0) is 62.7 Å². The summed E-state index contributed by atoms with van der Waals surface area (Å²) in [5.41, 5.74) is 3.06. The van der Waals surface area contributed by atoms with E-state index in [9.17, 15) is 0 Å². The van der Waals surface area contributed by atoms with E-state index in [2.05, 4.69) is 25.7 Å². The molecule has 0 saturated carbocycles. The van der Waals surface area contributed by atoms with Crippen molar-refractivity contribution in [2.75, 3.05) is 26.8 Å². The van der Waals surface area contributed by atoms with Crippen LogP contribution in [0.4, 0.5) is 0 Å². The number of aromatic nitrogens is 3. The van der Waals surface area contributed by atoms with Gasteiger partial charge in [-0.1, -0.05) is 6.07 Å². The van der Waals surface area contributed by atoms with Crippen LogP contribution in [0.15, 0.2) is 53.7 Å². The highest BCUT2D eigenvalue weighted by atomic mass is 127. The fourth-order valence-electron chi connectivity index (χ4n) is 3.02. The molecule has 2 heterocycles. The summed E-state index contributed by atoms with van der Waals surface area (Å²) in [6.07, 6.45) is 1.84. The van der Waals surface area contributed by atoms with Crippen LogP contribution >= 0.6 is 24.0 Å². The van der Waals surface area contributed by atoms with Crippen molar-refractivity contribution in [3.63, 3.8) is 0 Å². The van der Waals surface area contributed by atoms with Crippen molar-refractivity contribution in [3.8, 4) is 17.3 Å². The Morgan fingerprint density at radius 1 is 1.06 bits per heavy atom. The summed E-state index contributed by atoms with van der Waals surface area (Å²) < 4.78 is 12.7. The van der Waals surface area contributed by atoms with E-state index in [0.717, 1.165) is 46.8 Å². The van der Waals surface area contributed by atoms with Gasteiger partial charge in [0.05, 0.1) is 25.9 Å². The predicted octanol–water partition coefficient (Wildman–Crippen LogP) is 3.64. The Balaban J connectivity index is 0.00000363. The van der Waals surface area contributed by atoms with Gasteiger partial charge in [0, 0.05) is 18.4 Å². The maximum absolute atomic E-state index is 5.74. The molecule has 8 nitrogen and oxygen atoms in total. The van der Waals surface area contributed by atoms with Crippen molar-refractivity contribution in [3.05, 3.63) is 65.6 Å². The first-order valence-electron chi connectivity index (χ1n) is 10.4. The summed E-state index contributed by atoms with van der Waals surface area (Å²) in [7, 11) is 1.65. The highest BCUT2D eigenvalue weighted by Gasteiger charge is 2.05. The Hall–Kier alpha value is -2.82. The van der Waals surface area contributed by atoms with Gasteiger partial charge < -0.3 is 20.1 Å². The van der Waals surface area contributed by atoms with Crippen LogP contribution in [0, 0.1) is 13.8 Å². The molecular formula is C23H31IN6O2. The molecule has 0 radical (unpaired) electrons. The van der Waals surface area contributed by atoms with Gasteiger partial charge in [-0.25, -0.2) is 14.7 Å². The molecule has 0 aliphatic heterocycles. The number of aliphatic imine (C=N–C) groups is 1. The predicted molar refractivity (Wildman–Crippen MR) is 138 cm³/mol. The molecule has 2 N–H and O–H groups in total. The minimum atomic E-state index is 0. The number of benzene rings is 1. The molecule has 0 atom stereocenters. The summed E-state index contributed by atoms with van der Waals surface area (Å²) in [5.74, 6) is 3.16. The van der Waals surface area contributed by atoms with Gasteiger partial charge in [0.1, 0.15) is 18.1 Å². The summed E-state index contributed by atoms with van der Waals surface area (Å²) in [6.45, 7) is 8.49. The number of methoxy groups -OCH3 is 1. The number of ether oxygens (including phenoxy) is 2. The molecule has 0 amide bonds. The van der Waals surface area contributed by atoms with Crippen LogP contribution in [0.2, 0.25) is 0 Å². The van der Waals surface area contributed by atoms with Crippen molar-refractivity contribution >= 4 is 29.9 Å². The smallest absolute Gasteiger partial charge is 0.191 e. The minimum Gasteiger partial charge on any atom is -0.497 e. The van der Waals surface area contributed by atoms with Crippen LogP contribution in [0.1, 0.15) is 23.9 Å². The molecule has 1 aromatic carbocycles. The fourth-order valence-corrected chi connectivity index (χ4v) is 3.02. The Morgan fingerprint density at radius 3 is 2.41 bits per heavy atom. The second-order valence-electron chi connectivity index (χ2n) is 7.01. The van der Waals surface area contributed by atoms with E-state index in [4.69, 9.17) is 9.47 Å². The first-order chi connectivity index (χ1) is 15.1. The van der Waals surface area contributed by atoms with Gasteiger partial charge >= 0.3 is 0 Å². The van der Waals surface area contributed by atoms with Gasteiger partial charge in [0.25, 0.3) is 0 Å². The van der Waals surface area contributed by atoms with E-state index in [1.807, 2.05) is 74.1 Å². The summed E-state index contributed by atoms with van der Waals surface area (Å²) in [5, 5.41) is 11.0. The van der Waals surface area contributed by atoms with Crippen molar-refractivity contribution in [2.24, 2.45) is 4.99 Å². The topological polar surface area (TPSA) is 85.6 Å². The molecule has 9 heteroatoms. The quantitative estimate of drug-likeness (QED) is 0.183. The summed E-state index contributed by atoms with van der Waals surface area (Å²) in [6, 6.07) is 13.6. The zero-order valence-corrected chi connectivity index (χ0v) is 21.3. The van der Waals surface area contributed by atoms with Crippen LogP contribution < -0.4 is 20.1 Å². The normalized spacial score (nSPS) is 10.9. The van der Waals surface area contributed by atoms with E-state index < -0.39 is 0 Å². The number of guanidine groups is 1. The SMILES string of the molecule is CCNC(=NCc1ccc(-n2nc(C)cc2C)nc1)NCCOc1ccc(OC)cc1.I. The second kappa shape index (κ2) is 12.9. The molecule has 0 fully saturated rings. The Labute approximate surface area is 206 Å². The third-order valence-electron chi connectivity index (χ3n) is 4.52. The third-order valence-corrected chi connectivity index (χ3v) is 4.52. The van der Waals surface area contributed by atoms with Gasteiger partial charge in [-0.15, -0.1) is 24.0 Å². The van der Waals surface area contributed by atoms with Gasteiger partial charge in [-0.2, -0.15) is 5.10 Å².